The summed E-state index contributed by atoms with van der Waals surface area (Å²) in [5.74, 6) is 0.960. The molecule has 0 saturated carbocycles. The van der Waals surface area contributed by atoms with E-state index in [0.29, 0.717) is 25.4 Å². The molecule has 2 N–H and O–H groups in total. The minimum atomic E-state index is -4.45. The van der Waals surface area contributed by atoms with Crippen LogP contribution >= 0.6 is 0 Å². The third-order valence-electron chi connectivity index (χ3n) is 7.59. The molecular formula is C30H33F3N2O2. The van der Waals surface area contributed by atoms with Crippen molar-refractivity contribution in [3.63, 3.8) is 0 Å². The van der Waals surface area contributed by atoms with E-state index >= 15 is 0 Å². The van der Waals surface area contributed by atoms with E-state index in [0.717, 1.165) is 41.5 Å². The molecule has 37 heavy (non-hydrogen) atoms. The Labute approximate surface area is 216 Å². The Hall–Kier alpha value is -3.19. The Bertz CT molecular complexity index is 1210. The predicted molar refractivity (Wildman–Crippen MR) is 139 cm³/mol. The van der Waals surface area contributed by atoms with Crippen molar-refractivity contribution in [1.82, 2.24) is 5.32 Å². The first-order valence-corrected chi connectivity index (χ1v) is 13.0. The number of anilines is 1. The first kappa shape index (κ1) is 25.5. The molecule has 0 bridgehead atoms. The van der Waals surface area contributed by atoms with E-state index in [9.17, 15) is 18.3 Å². The number of hydrogen-bond acceptors (Lipinski definition) is 4. The van der Waals surface area contributed by atoms with Crippen LogP contribution in [0.25, 0.3) is 0 Å². The van der Waals surface area contributed by atoms with Crippen LogP contribution < -0.4 is 15.0 Å². The number of benzene rings is 3. The molecule has 1 saturated heterocycles. The molecule has 3 aromatic carbocycles. The molecule has 1 fully saturated rings. The number of phenols is 1. The van der Waals surface area contributed by atoms with Crippen LogP contribution in [0.1, 0.15) is 54.5 Å². The van der Waals surface area contributed by atoms with Gasteiger partial charge in [-0.25, -0.2) is 0 Å². The van der Waals surface area contributed by atoms with Gasteiger partial charge in [-0.05, 0) is 92.2 Å². The highest BCUT2D eigenvalue weighted by molar-refractivity contribution is 5.59. The Morgan fingerprint density at radius 2 is 1.84 bits per heavy atom. The van der Waals surface area contributed by atoms with Crippen molar-refractivity contribution in [2.45, 2.75) is 63.4 Å². The lowest BCUT2D eigenvalue weighted by molar-refractivity contribution is -0.137. The Morgan fingerprint density at radius 3 is 2.57 bits per heavy atom. The fourth-order valence-electron chi connectivity index (χ4n) is 5.67. The van der Waals surface area contributed by atoms with E-state index in [1.54, 1.807) is 24.3 Å². The van der Waals surface area contributed by atoms with Crippen LogP contribution in [0.5, 0.6) is 11.5 Å². The topological polar surface area (TPSA) is 44.7 Å². The zero-order chi connectivity index (χ0) is 26.0. The van der Waals surface area contributed by atoms with E-state index in [-0.39, 0.29) is 23.6 Å². The maximum Gasteiger partial charge on any atom is 0.418 e. The number of halogens is 3. The number of piperidine rings is 1. The zero-order valence-corrected chi connectivity index (χ0v) is 21.0. The van der Waals surface area contributed by atoms with Crippen molar-refractivity contribution in [1.29, 1.82) is 0 Å². The van der Waals surface area contributed by atoms with Gasteiger partial charge in [0.2, 0.25) is 0 Å². The first-order valence-electron chi connectivity index (χ1n) is 13.0. The summed E-state index contributed by atoms with van der Waals surface area (Å²) in [6, 6.07) is 18.9. The molecule has 2 aliphatic rings. The van der Waals surface area contributed by atoms with Crippen LogP contribution in [0.2, 0.25) is 0 Å². The van der Waals surface area contributed by atoms with Gasteiger partial charge in [0.25, 0.3) is 0 Å². The first-order chi connectivity index (χ1) is 17.8. The summed E-state index contributed by atoms with van der Waals surface area (Å²) >= 11 is 0. The number of ether oxygens (including phenoxy) is 1. The molecule has 7 heteroatoms. The number of rotatable bonds is 6. The number of alkyl halides is 3. The number of aromatic hydroxyl groups is 1. The summed E-state index contributed by atoms with van der Waals surface area (Å²) in [5.41, 5.74) is 2.48. The summed E-state index contributed by atoms with van der Waals surface area (Å²) < 4.78 is 47.9. The quantitative estimate of drug-likeness (QED) is 0.389. The van der Waals surface area contributed by atoms with Gasteiger partial charge in [0.15, 0.2) is 0 Å². The van der Waals surface area contributed by atoms with Crippen LogP contribution in [0, 0.1) is 0 Å². The molecule has 0 amide bonds. The van der Waals surface area contributed by atoms with Gasteiger partial charge in [-0.1, -0.05) is 36.8 Å². The van der Waals surface area contributed by atoms with E-state index in [1.807, 2.05) is 35.2 Å². The number of nitrogens with zero attached hydrogens (tertiary/aromatic N) is 1. The van der Waals surface area contributed by atoms with Gasteiger partial charge in [0.05, 0.1) is 11.6 Å². The van der Waals surface area contributed by atoms with Gasteiger partial charge in [-0.2, -0.15) is 13.2 Å². The van der Waals surface area contributed by atoms with Crippen LogP contribution in [0.3, 0.4) is 0 Å². The SMILES string of the molecule is CC(Oc1ccc(CC2c3ccc(O)cc3CCN2c2ccccc2C(F)(F)F)cc1)C1CCCCN1. The van der Waals surface area contributed by atoms with Gasteiger partial charge in [0.1, 0.15) is 17.6 Å². The molecule has 5 rings (SSSR count). The second-order valence-electron chi connectivity index (χ2n) is 10.1. The molecular weight excluding hydrogens is 477 g/mol. The van der Waals surface area contributed by atoms with Crippen LogP contribution in [-0.4, -0.2) is 30.3 Å². The lowest BCUT2D eigenvalue weighted by Gasteiger charge is -2.40. The standard InChI is InChI=1S/C30H33F3N2O2/c1-20(27-7-4-5-16-34-27)37-24-12-9-21(10-13-24)18-29-25-14-11-23(36)19-22(25)15-17-35(29)28-8-3-2-6-26(28)30(31,32)33/h2-3,6,8-14,19-20,27,29,34,36H,4-5,7,15-18H2,1H3. The van der Waals surface area contributed by atoms with Crippen molar-refractivity contribution in [2.24, 2.45) is 0 Å². The summed E-state index contributed by atoms with van der Waals surface area (Å²) in [5, 5.41) is 13.5. The van der Waals surface area contributed by atoms with Gasteiger partial charge in [-0.3, -0.25) is 0 Å². The average Bonchev–Trinajstić information content (AvgIpc) is 2.90. The fraction of sp³-hybridized carbons (Fsp3) is 0.400. The third kappa shape index (κ3) is 5.72. The van der Waals surface area contributed by atoms with Gasteiger partial charge >= 0.3 is 6.18 Å². The fourth-order valence-corrected chi connectivity index (χ4v) is 5.67. The molecule has 3 unspecified atom stereocenters. The second-order valence-corrected chi connectivity index (χ2v) is 10.1. The molecule has 2 heterocycles. The number of fused-ring (bicyclic) bond motifs is 1. The highest BCUT2D eigenvalue weighted by Crippen LogP contribution is 2.43. The Balaban J connectivity index is 1.41. The van der Waals surface area contributed by atoms with Crippen molar-refractivity contribution in [3.05, 3.63) is 89.0 Å². The third-order valence-corrected chi connectivity index (χ3v) is 7.59. The number of nitrogens with one attached hydrogen (secondary N) is 1. The molecule has 3 aromatic rings. The predicted octanol–water partition coefficient (Wildman–Crippen LogP) is 6.67. The highest BCUT2D eigenvalue weighted by Gasteiger charge is 2.37. The monoisotopic (exact) mass is 510 g/mol. The maximum absolute atomic E-state index is 13.9. The van der Waals surface area contributed by atoms with Crippen molar-refractivity contribution in [3.8, 4) is 11.5 Å². The Kier molecular flexibility index (Phi) is 7.33. The van der Waals surface area contributed by atoms with Gasteiger partial charge < -0.3 is 20.1 Å². The number of hydrogen-bond donors (Lipinski definition) is 2. The molecule has 0 aromatic heterocycles. The molecule has 0 spiro atoms. The van der Waals surface area contributed by atoms with Crippen molar-refractivity contribution in [2.75, 3.05) is 18.0 Å². The average molecular weight is 511 g/mol. The summed E-state index contributed by atoms with van der Waals surface area (Å²) in [6.07, 6.45) is 0.213. The highest BCUT2D eigenvalue weighted by atomic mass is 19.4. The Morgan fingerprint density at radius 1 is 1.05 bits per heavy atom. The number of para-hydroxylation sites is 1. The van der Waals surface area contributed by atoms with Crippen LogP contribution in [0.15, 0.2) is 66.7 Å². The van der Waals surface area contributed by atoms with E-state index in [4.69, 9.17) is 4.74 Å². The molecule has 0 aliphatic carbocycles. The number of phenolic OH excluding ortho intramolecular Hbond substituents is 1. The molecule has 3 atom stereocenters. The largest absolute Gasteiger partial charge is 0.508 e. The zero-order valence-electron chi connectivity index (χ0n) is 21.0. The van der Waals surface area contributed by atoms with E-state index < -0.39 is 11.7 Å². The summed E-state index contributed by atoms with van der Waals surface area (Å²) in [7, 11) is 0. The molecule has 196 valence electrons. The lowest BCUT2D eigenvalue weighted by Crippen LogP contribution is -2.44. The van der Waals surface area contributed by atoms with Gasteiger partial charge in [-0.15, -0.1) is 0 Å². The van der Waals surface area contributed by atoms with Crippen molar-refractivity contribution < 1.29 is 23.0 Å². The van der Waals surface area contributed by atoms with Crippen LogP contribution in [0.4, 0.5) is 18.9 Å². The van der Waals surface area contributed by atoms with E-state index in [2.05, 4.69) is 12.2 Å². The summed E-state index contributed by atoms with van der Waals surface area (Å²) in [6.45, 7) is 3.54. The minimum absolute atomic E-state index is 0.0541. The molecule has 2 aliphatic heterocycles. The summed E-state index contributed by atoms with van der Waals surface area (Å²) in [4.78, 5) is 1.86. The smallest absolute Gasteiger partial charge is 0.418 e. The molecule has 4 nitrogen and oxygen atoms in total. The molecule has 0 radical (unpaired) electrons. The van der Waals surface area contributed by atoms with Crippen LogP contribution in [-0.2, 0) is 19.0 Å². The van der Waals surface area contributed by atoms with Gasteiger partial charge in [0, 0.05) is 18.3 Å². The minimum Gasteiger partial charge on any atom is -0.508 e. The van der Waals surface area contributed by atoms with E-state index in [1.165, 1.54) is 18.9 Å². The van der Waals surface area contributed by atoms with Crippen molar-refractivity contribution >= 4 is 5.69 Å². The maximum atomic E-state index is 13.9. The normalized spacial score (nSPS) is 20.8. The lowest BCUT2D eigenvalue weighted by atomic mass is 9.87. The second kappa shape index (κ2) is 10.7.